The lowest BCUT2D eigenvalue weighted by Gasteiger charge is -2.10. The van der Waals surface area contributed by atoms with Crippen molar-refractivity contribution in [2.45, 2.75) is 46.3 Å². The number of carbonyl (C=O) groups excluding carboxylic acids is 1. The first-order valence-corrected chi connectivity index (χ1v) is 10.8. The van der Waals surface area contributed by atoms with Crippen LogP contribution in [0.2, 0.25) is 5.02 Å². The molecule has 0 saturated heterocycles. The number of amides is 1. The van der Waals surface area contributed by atoms with Gasteiger partial charge in [-0.05, 0) is 36.6 Å². The minimum atomic E-state index is -0.856. The summed E-state index contributed by atoms with van der Waals surface area (Å²) in [5.41, 5.74) is 4.90. The summed E-state index contributed by atoms with van der Waals surface area (Å²) < 4.78 is 7.10. The van der Waals surface area contributed by atoms with Gasteiger partial charge in [-0.1, -0.05) is 55.8 Å². The van der Waals surface area contributed by atoms with Crippen LogP contribution in [0, 0.1) is 0 Å². The van der Waals surface area contributed by atoms with E-state index in [1.54, 1.807) is 24.3 Å². The van der Waals surface area contributed by atoms with Crippen molar-refractivity contribution < 1.29 is 19.4 Å². The molecule has 1 aromatic heterocycles. The summed E-state index contributed by atoms with van der Waals surface area (Å²) in [6.45, 7) is 4.58. The predicted octanol–water partition coefficient (Wildman–Crippen LogP) is 5.09. The first-order chi connectivity index (χ1) is 15.4. The normalized spacial score (nSPS) is 10.7. The number of nitrogens with zero attached hydrogens (tertiary/aromatic N) is 2. The topological polar surface area (TPSA) is 93.5 Å². The van der Waals surface area contributed by atoms with Gasteiger partial charge in [0.25, 0.3) is 0 Å². The van der Waals surface area contributed by atoms with Crippen molar-refractivity contribution in [3.8, 4) is 0 Å². The van der Waals surface area contributed by atoms with Gasteiger partial charge in [-0.2, -0.15) is 5.10 Å². The largest absolute Gasteiger partial charge is 0.481 e. The van der Waals surface area contributed by atoms with Gasteiger partial charge in [-0.3, -0.25) is 14.8 Å². The number of aryl methyl sites for hydroxylation is 1. The Morgan fingerprint density at radius 3 is 2.44 bits per heavy atom. The van der Waals surface area contributed by atoms with Crippen molar-refractivity contribution in [3.63, 3.8) is 0 Å². The zero-order valence-electron chi connectivity index (χ0n) is 18.1. The quantitative estimate of drug-likeness (QED) is 0.469. The minimum absolute atomic E-state index is 0.0223. The van der Waals surface area contributed by atoms with E-state index < -0.39 is 12.1 Å². The molecule has 32 heavy (non-hydrogen) atoms. The van der Waals surface area contributed by atoms with Gasteiger partial charge in [0.1, 0.15) is 6.61 Å². The number of carboxylic acid groups (broad SMARTS) is 1. The van der Waals surface area contributed by atoms with E-state index in [1.807, 2.05) is 42.8 Å². The lowest BCUT2D eigenvalue weighted by molar-refractivity contribution is -0.136. The number of ether oxygens (including phenoxy) is 1. The Hall–Kier alpha value is -3.32. The number of rotatable bonds is 9. The number of carboxylic acids is 1. The molecule has 2 N–H and O–H groups in total. The molecule has 0 unspecified atom stereocenters. The second kappa shape index (κ2) is 10.8. The molecular formula is C24H26ClN3O4. The van der Waals surface area contributed by atoms with Crippen LogP contribution in [0.3, 0.4) is 0 Å². The predicted molar refractivity (Wildman–Crippen MR) is 123 cm³/mol. The molecule has 0 bridgehead atoms. The zero-order chi connectivity index (χ0) is 23.1. The molecule has 0 fully saturated rings. The number of anilines is 1. The lowest BCUT2D eigenvalue weighted by atomic mass is 10.1. The molecule has 0 spiro atoms. The fourth-order valence-corrected chi connectivity index (χ4v) is 3.72. The number of halogens is 1. The summed E-state index contributed by atoms with van der Waals surface area (Å²) in [7, 11) is 0. The molecule has 0 aliphatic rings. The number of aromatic nitrogens is 2. The Morgan fingerprint density at radius 2 is 1.81 bits per heavy atom. The highest BCUT2D eigenvalue weighted by Crippen LogP contribution is 2.20. The van der Waals surface area contributed by atoms with E-state index in [0.29, 0.717) is 30.1 Å². The molecule has 0 saturated carbocycles. The van der Waals surface area contributed by atoms with Gasteiger partial charge >= 0.3 is 12.1 Å². The van der Waals surface area contributed by atoms with Crippen molar-refractivity contribution in [1.29, 1.82) is 0 Å². The van der Waals surface area contributed by atoms with E-state index in [2.05, 4.69) is 10.4 Å². The van der Waals surface area contributed by atoms with E-state index in [1.165, 1.54) is 0 Å². The van der Waals surface area contributed by atoms with Crippen LogP contribution in [-0.4, -0.2) is 26.9 Å². The van der Waals surface area contributed by atoms with E-state index in [-0.39, 0.29) is 13.0 Å². The zero-order valence-corrected chi connectivity index (χ0v) is 18.9. The van der Waals surface area contributed by atoms with Crippen molar-refractivity contribution in [1.82, 2.24) is 9.78 Å². The standard InChI is InChI=1S/C24H26ClN3O4/c1-3-21-19(13-23(29)30)22(4-2)28(27-21)14-16-9-11-18(12-10-16)26-24(31)32-15-17-7-5-6-8-20(17)25/h5-12H,3-4,13-15H2,1-2H3,(H,26,31)(H,29,30). The smallest absolute Gasteiger partial charge is 0.411 e. The Labute approximate surface area is 192 Å². The second-order valence-corrected chi connectivity index (χ2v) is 7.70. The monoisotopic (exact) mass is 455 g/mol. The fraction of sp³-hybridized carbons (Fsp3) is 0.292. The van der Waals surface area contributed by atoms with Crippen LogP contribution < -0.4 is 5.32 Å². The molecule has 168 valence electrons. The van der Waals surface area contributed by atoms with Crippen molar-refractivity contribution in [2.24, 2.45) is 0 Å². The van der Waals surface area contributed by atoms with E-state index in [9.17, 15) is 14.7 Å². The Morgan fingerprint density at radius 1 is 1.09 bits per heavy atom. The molecule has 1 heterocycles. The summed E-state index contributed by atoms with van der Waals surface area (Å²) in [6, 6.07) is 14.6. The first-order valence-electron chi connectivity index (χ1n) is 10.5. The van der Waals surface area contributed by atoms with Crippen LogP contribution in [0.5, 0.6) is 0 Å². The average Bonchev–Trinajstić information content (AvgIpc) is 3.09. The Balaban J connectivity index is 1.63. The molecule has 0 radical (unpaired) electrons. The van der Waals surface area contributed by atoms with Gasteiger partial charge in [0.15, 0.2) is 0 Å². The summed E-state index contributed by atoms with van der Waals surface area (Å²) in [5, 5.41) is 17.1. The average molecular weight is 456 g/mol. The van der Waals surface area contributed by atoms with Gasteiger partial charge in [-0.15, -0.1) is 0 Å². The van der Waals surface area contributed by atoms with Crippen molar-refractivity contribution in [3.05, 3.63) is 81.6 Å². The summed E-state index contributed by atoms with van der Waals surface area (Å²) in [6.07, 6.45) is 0.795. The number of hydrogen-bond donors (Lipinski definition) is 2. The molecule has 3 rings (SSSR count). The molecule has 8 heteroatoms. The highest BCUT2D eigenvalue weighted by molar-refractivity contribution is 6.31. The number of aliphatic carboxylic acids is 1. The van der Waals surface area contributed by atoms with E-state index in [4.69, 9.17) is 16.3 Å². The van der Waals surface area contributed by atoms with Gasteiger partial charge < -0.3 is 9.84 Å². The molecule has 7 nitrogen and oxygen atoms in total. The molecule has 1 amide bonds. The maximum absolute atomic E-state index is 12.1. The molecule has 0 aliphatic carbocycles. The molecule has 0 aliphatic heterocycles. The summed E-state index contributed by atoms with van der Waals surface area (Å²) in [4.78, 5) is 23.3. The third kappa shape index (κ3) is 5.88. The van der Waals surface area contributed by atoms with Crippen LogP contribution >= 0.6 is 11.6 Å². The molecule has 0 atom stereocenters. The van der Waals surface area contributed by atoms with Crippen molar-refractivity contribution >= 4 is 29.4 Å². The molecular weight excluding hydrogens is 430 g/mol. The third-order valence-corrected chi connectivity index (χ3v) is 5.47. The highest BCUT2D eigenvalue weighted by Gasteiger charge is 2.18. The highest BCUT2D eigenvalue weighted by atomic mass is 35.5. The SMILES string of the molecule is CCc1nn(Cc2ccc(NC(=O)OCc3ccccc3Cl)cc2)c(CC)c1CC(=O)O. The van der Waals surface area contributed by atoms with Crippen molar-refractivity contribution in [2.75, 3.05) is 5.32 Å². The van der Waals surface area contributed by atoms with Gasteiger partial charge in [0.05, 0.1) is 18.7 Å². The summed E-state index contributed by atoms with van der Waals surface area (Å²) in [5.74, 6) is -0.856. The first kappa shape index (κ1) is 23.3. The van der Waals surface area contributed by atoms with Gasteiger partial charge in [0, 0.05) is 27.5 Å². The van der Waals surface area contributed by atoms with Crippen LogP contribution in [-0.2, 0) is 41.9 Å². The summed E-state index contributed by atoms with van der Waals surface area (Å²) >= 11 is 6.07. The van der Waals surface area contributed by atoms with Crippen LogP contribution in [0.25, 0.3) is 0 Å². The van der Waals surface area contributed by atoms with Crippen LogP contribution in [0.15, 0.2) is 48.5 Å². The van der Waals surface area contributed by atoms with Crippen LogP contribution in [0.1, 0.15) is 41.9 Å². The second-order valence-electron chi connectivity index (χ2n) is 7.30. The maximum atomic E-state index is 12.1. The lowest BCUT2D eigenvalue weighted by Crippen LogP contribution is -2.13. The number of carbonyl (C=O) groups is 2. The van der Waals surface area contributed by atoms with Gasteiger partial charge in [0.2, 0.25) is 0 Å². The molecule has 2 aromatic carbocycles. The fourth-order valence-electron chi connectivity index (χ4n) is 3.53. The Kier molecular flexibility index (Phi) is 7.89. The number of benzene rings is 2. The van der Waals surface area contributed by atoms with E-state index in [0.717, 1.165) is 28.1 Å². The van der Waals surface area contributed by atoms with Crippen LogP contribution in [0.4, 0.5) is 10.5 Å². The van der Waals surface area contributed by atoms with E-state index >= 15 is 0 Å². The number of hydrogen-bond acceptors (Lipinski definition) is 4. The Bertz CT molecular complexity index is 1090. The minimum Gasteiger partial charge on any atom is -0.481 e. The maximum Gasteiger partial charge on any atom is 0.411 e. The number of nitrogens with one attached hydrogen (secondary N) is 1. The molecule has 3 aromatic rings. The third-order valence-electron chi connectivity index (χ3n) is 5.10. The van der Waals surface area contributed by atoms with Gasteiger partial charge in [-0.25, -0.2) is 4.79 Å².